The van der Waals surface area contributed by atoms with Gasteiger partial charge in [0.05, 0.1) is 25.7 Å². The van der Waals surface area contributed by atoms with E-state index in [1.54, 1.807) is 0 Å². The van der Waals surface area contributed by atoms with E-state index < -0.39 is 0 Å². The number of rotatable bonds is 6. The van der Waals surface area contributed by atoms with Crippen LogP contribution in [0.5, 0.6) is 0 Å². The summed E-state index contributed by atoms with van der Waals surface area (Å²) in [4.78, 5) is 0. The molecule has 0 amide bonds. The van der Waals surface area contributed by atoms with Crippen molar-refractivity contribution >= 4 is 0 Å². The Morgan fingerprint density at radius 3 is 1.57 bits per heavy atom. The van der Waals surface area contributed by atoms with Crippen LogP contribution in [0.15, 0.2) is 25.7 Å². The summed E-state index contributed by atoms with van der Waals surface area (Å²) in [7, 11) is 0. The lowest BCUT2D eigenvalue weighted by Gasteiger charge is -1.90. The van der Waals surface area contributed by atoms with E-state index >= 15 is 0 Å². The number of hydrogen-bond donors (Lipinski definition) is 0. The highest BCUT2D eigenvalue weighted by Crippen LogP contribution is 2.08. The van der Waals surface area contributed by atoms with Gasteiger partial charge in [-0.2, -0.15) is 0 Å². The molecule has 2 heterocycles. The first kappa shape index (κ1) is 11.1. The Kier molecular flexibility index (Phi) is 5.11. The molecule has 2 saturated heterocycles. The van der Waals surface area contributed by atoms with Crippen molar-refractivity contribution in [3.05, 3.63) is 25.7 Å². The lowest BCUT2D eigenvalue weighted by Crippen LogP contribution is -1.94. The molecule has 0 N–H and O–H groups in total. The fourth-order valence-corrected chi connectivity index (χ4v) is 0.679. The molecule has 2 aliphatic heterocycles. The lowest BCUT2D eigenvalue weighted by molar-refractivity contribution is 0.213. The Bertz CT molecular complexity index is 153. The monoisotopic (exact) mass is 200 g/mol. The van der Waals surface area contributed by atoms with Crippen molar-refractivity contribution in [2.24, 2.45) is 0 Å². The zero-order valence-corrected chi connectivity index (χ0v) is 8.19. The highest BCUT2D eigenvalue weighted by atomic mass is 16.6. The lowest BCUT2D eigenvalue weighted by atomic mass is 10.5. The minimum absolute atomic E-state index is 0.359. The van der Waals surface area contributed by atoms with Crippen LogP contribution in [0.25, 0.3) is 0 Å². The molecule has 0 bridgehead atoms. The summed E-state index contributed by atoms with van der Waals surface area (Å²) >= 11 is 0. The molecule has 2 rings (SSSR count). The second kappa shape index (κ2) is 6.45. The zero-order chi connectivity index (χ0) is 10.2. The molecule has 2 unspecified atom stereocenters. The number of ether oxygens (including phenoxy) is 4. The van der Waals surface area contributed by atoms with Crippen molar-refractivity contribution in [3.8, 4) is 0 Å². The van der Waals surface area contributed by atoms with E-state index in [0.717, 1.165) is 13.2 Å². The van der Waals surface area contributed by atoms with Crippen LogP contribution in [0, 0.1) is 0 Å². The van der Waals surface area contributed by atoms with Crippen LogP contribution in [-0.2, 0) is 18.9 Å². The molecule has 2 aliphatic rings. The molecular formula is C10H16O4. The maximum absolute atomic E-state index is 4.84. The van der Waals surface area contributed by atoms with Gasteiger partial charge < -0.3 is 18.9 Å². The molecule has 80 valence electrons. The summed E-state index contributed by atoms with van der Waals surface area (Å²) in [6.45, 7) is 9.82. The molecule has 0 spiro atoms. The largest absolute Gasteiger partial charge is 0.499 e. The first-order valence-electron chi connectivity index (χ1n) is 4.55. The second-order valence-electron chi connectivity index (χ2n) is 2.91. The average Bonchev–Trinajstić information content (AvgIpc) is 3.04. The molecule has 4 heteroatoms. The van der Waals surface area contributed by atoms with Crippen LogP contribution in [0.3, 0.4) is 0 Å². The van der Waals surface area contributed by atoms with Crippen molar-refractivity contribution in [1.29, 1.82) is 0 Å². The van der Waals surface area contributed by atoms with E-state index in [1.807, 2.05) is 0 Å². The third-order valence-electron chi connectivity index (χ3n) is 1.60. The van der Waals surface area contributed by atoms with Crippen LogP contribution < -0.4 is 0 Å². The highest BCUT2D eigenvalue weighted by molar-refractivity contribution is 4.69. The summed E-state index contributed by atoms with van der Waals surface area (Å²) in [6.07, 6.45) is 3.58. The fraction of sp³-hybridized carbons (Fsp3) is 0.600. The zero-order valence-electron chi connectivity index (χ0n) is 8.19. The van der Waals surface area contributed by atoms with Gasteiger partial charge in [-0.3, -0.25) is 0 Å². The van der Waals surface area contributed by atoms with E-state index in [1.165, 1.54) is 12.5 Å². The Labute approximate surface area is 84.1 Å². The molecule has 14 heavy (non-hydrogen) atoms. The van der Waals surface area contributed by atoms with E-state index in [9.17, 15) is 0 Å². The molecule has 4 nitrogen and oxygen atoms in total. The molecule has 0 radical (unpaired) electrons. The predicted molar refractivity (Wildman–Crippen MR) is 51.8 cm³/mol. The van der Waals surface area contributed by atoms with Gasteiger partial charge in [-0.05, 0) is 0 Å². The second-order valence-corrected chi connectivity index (χ2v) is 2.91. The third kappa shape index (κ3) is 6.51. The molecule has 2 fully saturated rings. The van der Waals surface area contributed by atoms with Gasteiger partial charge >= 0.3 is 0 Å². The topological polar surface area (TPSA) is 43.5 Å². The molecule has 0 aromatic heterocycles. The van der Waals surface area contributed by atoms with Gasteiger partial charge in [-0.1, -0.05) is 13.2 Å². The summed E-state index contributed by atoms with van der Waals surface area (Å²) in [5.41, 5.74) is 0. The Hall–Kier alpha value is -1.00. The maximum Gasteiger partial charge on any atom is 0.116 e. The number of epoxide rings is 2. The van der Waals surface area contributed by atoms with Gasteiger partial charge in [0, 0.05) is 0 Å². The van der Waals surface area contributed by atoms with Gasteiger partial charge in [-0.25, -0.2) is 0 Å². The first-order chi connectivity index (χ1) is 6.86. The van der Waals surface area contributed by atoms with Gasteiger partial charge in [-0.15, -0.1) is 0 Å². The van der Waals surface area contributed by atoms with Crippen molar-refractivity contribution < 1.29 is 18.9 Å². The summed E-state index contributed by atoms with van der Waals surface area (Å²) < 4.78 is 19.3. The van der Waals surface area contributed by atoms with Gasteiger partial charge in [0.25, 0.3) is 0 Å². The minimum atomic E-state index is 0.359. The third-order valence-corrected chi connectivity index (χ3v) is 1.60. The van der Waals surface area contributed by atoms with Crippen LogP contribution in [0.1, 0.15) is 0 Å². The van der Waals surface area contributed by atoms with Gasteiger partial charge in [0.2, 0.25) is 0 Å². The average molecular weight is 200 g/mol. The molecule has 0 aliphatic carbocycles. The van der Waals surface area contributed by atoms with E-state index in [4.69, 9.17) is 18.9 Å². The molecular weight excluding hydrogens is 184 g/mol. The Balaban J connectivity index is 0.000000140. The van der Waals surface area contributed by atoms with E-state index in [0.29, 0.717) is 25.4 Å². The van der Waals surface area contributed by atoms with Crippen LogP contribution in [-0.4, -0.2) is 38.6 Å². The summed E-state index contributed by atoms with van der Waals surface area (Å²) in [6, 6.07) is 0. The van der Waals surface area contributed by atoms with Crippen molar-refractivity contribution in [2.45, 2.75) is 12.2 Å². The summed E-state index contributed by atoms with van der Waals surface area (Å²) in [5.74, 6) is 0. The number of hydrogen-bond acceptors (Lipinski definition) is 4. The van der Waals surface area contributed by atoms with E-state index in [2.05, 4.69) is 13.2 Å². The Morgan fingerprint density at radius 2 is 1.36 bits per heavy atom. The highest BCUT2D eigenvalue weighted by Gasteiger charge is 2.22. The maximum atomic E-state index is 4.84. The van der Waals surface area contributed by atoms with Crippen LogP contribution >= 0.6 is 0 Å². The fourth-order valence-electron chi connectivity index (χ4n) is 0.679. The van der Waals surface area contributed by atoms with Crippen molar-refractivity contribution in [1.82, 2.24) is 0 Å². The molecule has 0 aromatic carbocycles. The van der Waals surface area contributed by atoms with E-state index in [-0.39, 0.29) is 0 Å². The Morgan fingerprint density at radius 1 is 1.00 bits per heavy atom. The van der Waals surface area contributed by atoms with Crippen molar-refractivity contribution in [3.63, 3.8) is 0 Å². The molecule has 2 atom stereocenters. The van der Waals surface area contributed by atoms with Gasteiger partial charge in [0.1, 0.15) is 25.4 Å². The van der Waals surface area contributed by atoms with Crippen molar-refractivity contribution in [2.75, 3.05) is 26.4 Å². The molecule has 0 aromatic rings. The SMILES string of the molecule is C=COCC1CO1.C=COCC1CO1. The first-order valence-corrected chi connectivity index (χ1v) is 4.55. The normalized spacial score (nSPS) is 26.6. The van der Waals surface area contributed by atoms with Gasteiger partial charge in [0.15, 0.2) is 0 Å². The van der Waals surface area contributed by atoms with Crippen LogP contribution in [0.4, 0.5) is 0 Å². The standard InChI is InChI=1S/2C5H8O2/c2*1-2-6-3-5-4-7-5/h2*2,5H,1,3-4H2. The quantitative estimate of drug-likeness (QED) is 0.475. The summed E-state index contributed by atoms with van der Waals surface area (Å²) in [5, 5.41) is 0. The predicted octanol–water partition coefficient (Wildman–Crippen LogP) is 1.09. The molecule has 0 saturated carbocycles. The van der Waals surface area contributed by atoms with Crippen LogP contribution in [0.2, 0.25) is 0 Å². The smallest absolute Gasteiger partial charge is 0.116 e. The minimum Gasteiger partial charge on any atom is -0.499 e.